The highest BCUT2D eigenvalue weighted by molar-refractivity contribution is 7.10. The predicted octanol–water partition coefficient (Wildman–Crippen LogP) is 4.64. The Kier molecular flexibility index (Phi) is 7.17. The smallest absolute Gasteiger partial charge is 0.224 e. The number of hydrogen-bond acceptors (Lipinski definition) is 4. The summed E-state index contributed by atoms with van der Waals surface area (Å²) in [4.78, 5) is 18.6. The first-order chi connectivity index (χ1) is 15.5. The van der Waals surface area contributed by atoms with Gasteiger partial charge in [0.25, 0.3) is 0 Å². The molecular weight excluding hydrogens is 428 g/mol. The zero-order valence-electron chi connectivity index (χ0n) is 18.0. The number of amides is 1. The van der Waals surface area contributed by atoms with Crippen LogP contribution in [0.3, 0.4) is 0 Å². The van der Waals surface area contributed by atoms with E-state index in [0.717, 1.165) is 37.4 Å². The van der Waals surface area contributed by atoms with Crippen molar-refractivity contribution in [3.05, 3.63) is 88.1 Å². The summed E-state index contributed by atoms with van der Waals surface area (Å²) >= 11 is 1.69. The minimum Gasteiger partial charge on any atom is -0.369 e. The van der Waals surface area contributed by atoms with E-state index in [1.165, 1.54) is 29.1 Å². The van der Waals surface area contributed by atoms with E-state index >= 15 is 0 Å². The normalized spacial score (nSPS) is 16.5. The fraction of sp³-hybridized carbons (Fsp3) is 0.320. The molecule has 3 aromatic rings. The first-order valence-corrected chi connectivity index (χ1v) is 11.7. The molecule has 4 rings (SSSR count). The van der Waals surface area contributed by atoms with Crippen molar-refractivity contribution in [1.29, 1.82) is 0 Å². The van der Waals surface area contributed by atoms with Crippen LogP contribution in [0.15, 0.2) is 66.0 Å². The Labute approximate surface area is 191 Å². The number of hydrogen-bond donors (Lipinski definition) is 1. The Morgan fingerprint density at radius 3 is 2.19 bits per heavy atom. The fourth-order valence-corrected chi connectivity index (χ4v) is 5.25. The van der Waals surface area contributed by atoms with Gasteiger partial charge < -0.3 is 10.2 Å². The van der Waals surface area contributed by atoms with Crippen LogP contribution in [0, 0.1) is 11.6 Å². The van der Waals surface area contributed by atoms with Gasteiger partial charge in [0, 0.05) is 42.8 Å². The standard InChI is InChI=1S/C25H27F2N3OS/c1-18(28-24(31)17-19-4-6-20(26)7-5-19)25(23-3-2-16-32-23)30-14-12-29(13-15-30)22-10-8-21(27)9-11-22/h2-11,16,18,25H,12-15,17H2,1H3,(H,28,31). The number of nitrogens with zero attached hydrogens (tertiary/aromatic N) is 2. The van der Waals surface area contributed by atoms with Crippen LogP contribution < -0.4 is 10.2 Å². The van der Waals surface area contributed by atoms with Gasteiger partial charge in [-0.1, -0.05) is 18.2 Å². The summed E-state index contributed by atoms with van der Waals surface area (Å²) < 4.78 is 26.4. The van der Waals surface area contributed by atoms with E-state index in [-0.39, 0.29) is 36.0 Å². The summed E-state index contributed by atoms with van der Waals surface area (Å²) in [6.07, 6.45) is 0.222. The van der Waals surface area contributed by atoms with Crippen molar-refractivity contribution in [2.75, 3.05) is 31.1 Å². The molecule has 1 aliphatic heterocycles. The maximum absolute atomic E-state index is 13.3. The van der Waals surface area contributed by atoms with Crippen molar-refractivity contribution in [2.24, 2.45) is 0 Å². The number of rotatable bonds is 7. The Hall–Kier alpha value is -2.77. The first-order valence-electron chi connectivity index (χ1n) is 10.8. The zero-order valence-corrected chi connectivity index (χ0v) is 18.8. The van der Waals surface area contributed by atoms with Crippen LogP contribution in [0.4, 0.5) is 14.5 Å². The molecule has 0 spiro atoms. The molecule has 2 atom stereocenters. The fourth-order valence-electron chi connectivity index (χ4n) is 4.28. The number of benzene rings is 2. The molecule has 0 saturated carbocycles. The lowest BCUT2D eigenvalue weighted by atomic mass is 10.0. The highest BCUT2D eigenvalue weighted by Crippen LogP contribution is 2.30. The molecule has 0 bridgehead atoms. The van der Waals surface area contributed by atoms with Gasteiger partial charge in [0.1, 0.15) is 11.6 Å². The van der Waals surface area contributed by atoms with E-state index in [2.05, 4.69) is 26.6 Å². The number of carbonyl (C=O) groups is 1. The predicted molar refractivity (Wildman–Crippen MR) is 125 cm³/mol. The first kappa shape index (κ1) is 22.4. The van der Waals surface area contributed by atoms with Crippen LogP contribution in [-0.2, 0) is 11.2 Å². The van der Waals surface area contributed by atoms with Crippen molar-refractivity contribution in [2.45, 2.75) is 25.4 Å². The summed E-state index contributed by atoms with van der Waals surface area (Å²) in [5.41, 5.74) is 1.82. The average Bonchev–Trinajstić information content (AvgIpc) is 3.31. The van der Waals surface area contributed by atoms with E-state index in [4.69, 9.17) is 0 Å². The second-order valence-electron chi connectivity index (χ2n) is 8.12. The van der Waals surface area contributed by atoms with E-state index < -0.39 is 0 Å². The third-order valence-electron chi connectivity index (χ3n) is 5.87. The highest BCUT2D eigenvalue weighted by Gasteiger charge is 2.31. The second kappa shape index (κ2) is 10.2. The van der Waals surface area contributed by atoms with Crippen LogP contribution in [-0.4, -0.2) is 43.0 Å². The minimum absolute atomic E-state index is 0.0718. The maximum atomic E-state index is 13.3. The third kappa shape index (κ3) is 5.53. The zero-order chi connectivity index (χ0) is 22.5. The molecule has 168 valence electrons. The van der Waals surface area contributed by atoms with Crippen LogP contribution >= 0.6 is 11.3 Å². The second-order valence-corrected chi connectivity index (χ2v) is 9.10. The molecule has 2 heterocycles. The van der Waals surface area contributed by atoms with Gasteiger partial charge >= 0.3 is 0 Å². The monoisotopic (exact) mass is 455 g/mol. The molecular formula is C25H27F2N3OS. The van der Waals surface area contributed by atoms with Gasteiger partial charge in [-0.25, -0.2) is 8.78 Å². The lowest BCUT2D eigenvalue weighted by Crippen LogP contribution is -2.52. The van der Waals surface area contributed by atoms with Gasteiger partial charge in [-0.05, 0) is 60.3 Å². The topological polar surface area (TPSA) is 35.6 Å². The molecule has 1 N–H and O–H groups in total. The lowest BCUT2D eigenvalue weighted by molar-refractivity contribution is -0.121. The van der Waals surface area contributed by atoms with Crippen LogP contribution in [0.25, 0.3) is 0 Å². The van der Waals surface area contributed by atoms with E-state index in [0.29, 0.717) is 0 Å². The van der Waals surface area contributed by atoms with Gasteiger partial charge in [-0.2, -0.15) is 0 Å². The molecule has 32 heavy (non-hydrogen) atoms. The quantitative estimate of drug-likeness (QED) is 0.564. The third-order valence-corrected chi connectivity index (χ3v) is 6.82. The SMILES string of the molecule is CC(NC(=O)Cc1ccc(F)cc1)C(c1cccs1)N1CCN(c2ccc(F)cc2)CC1. The molecule has 0 radical (unpaired) electrons. The van der Waals surface area contributed by atoms with Gasteiger partial charge in [-0.3, -0.25) is 9.69 Å². The minimum atomic E-state index is -0.305. The number of halogens is 2. The Bertz CT molecular complexity index is 1000. The summed E-state index contributed by atoms with van der Waals surface area (Å²) in [6, 6.07) is 16.8. The molecule has 1 saturated heterocycles. The van der Waals surface area contributed by atoms with Crippen LogP contribution in [0.1, 0.15) is 23.4 Å². The van der Waals surface area contributed by atoms with E-state index in [1.807, 2.05) is 25.1 Å². The molecule has 2 aromatic carbocycles. The number of thiophene rings is 1. The average molecular weight is 456 g/mol. The molecule has 4 nitrogen and oxygen atoms in total. The van der Waals surface area contributed by atoms with Gasteiger partial charge in [-0.15, -0.1) is 11.3 Å². The maximum Gasteiger partial charge on any atom is 0.224 e. The number of piperazine rings is 1. The summed E-state index contributed by atoms with van der Waals surface area (Å²) in [5, 5.41) is 5.21. The lowest BCUT2D eigenvalue weighted by Gasteiger charge is -2.42. The Balaban J connectivity index is 1.40. The van der Waals surface area contributed by atoms with Crippen molar-refractivity contribution < 1.29 is 13.6 Å². The number of carbonyl (C=O) groups excluding carboxylic acids is 1. The van der Waals surface area contributed by atoms with Crippen LogP contribution in [0.5, 0.6) is 0 Å². The molecule has 2 unspecified atom stereocenters. The molecule has 1 aliphatic rings. The van der Waals surface area contributed by atoms with Gasteiger partial charge in [0.2, 0.25) is 5.91 Å². The van der Waals surface area contributed by atoms with Gasteiger partial charge in [0.05, 0.1) is 12.5 Å². The van der Waals surface area contributed by atoms with Crippen molar-refractivity contribution >= 4 is 22.9 Å². The van der Waals surface area contributed by atoms with Crippen molar-refractivity contribution in [1.82, 2.24) is 10.2 Å². The summed E-state index contributed by atoms with van der Waals surface area (Å²) in [7, 11) is 0. The molecule has 1 fully saturated rings. The molecule has 7 heteroatoms. The van der Waals surface area contributed by atoms with E-state index in [1.54, 1.807) is 23.5 Å². The number of anilines is 1. The van der Waals surface area contributed by atoms with Gasteiger partial charge in [0.15, 0.2) is 0 Å². The van der Waals surface area contributed by atoms with E-state index in [9.17, 15) is 13.6 Å². The molecule has 1 aromatic heterocycles. The molecule has 1 amide bonds. The summed E-state index contributed by atoms with van der Waals surface area (Å²) in [6.45, 7) is 5.41. The summed E-state index contributed by atoms with van der Waals surface area (Å²) in [5.74, 6) is -0.606. The Morgan fingerprint density at radius 1 is 0.969 bits per heavy atom. The van der Waals surface area contributed by atoms with Crippen LogP contribution in [0.2, 0.25) is 0 Å². The largest absolute Gasteiger partial charge is 0.369 e. The number of nitrogens with one attached hydrogen (secondary N) is 1. The van der Waals surface area contributed by atoms with Crippen molar-refractivity contribution in [3.63, 3.8) is 0 Å². The van der Waals surface area contributed by atoms with Crippen molar-refractivity contribution in [3.8, 4) is 0 Å². The highest BCUT2D eigenvalue weighted by atomic mass is 32.1. The molecule has 0 aliphatic carbocycles. The Morgan fingerprint density at radius 2 is 1.59 bits per heavy atom.